The Kier molecular flexibility index (Phi) is 5.13. The van der Waals surface area contributed by atoms with E-state index < -0.39 is 0 Å². The van der Waals surface area contributed by atoms with E-state index in [1.807, 2.05) is 13.0 Å². The molecule has 0 radical (unpaired) electrons. The number of hydrogen-bond acceptors (Lipinski definition) is 6. The number of nitrogens with zero attached hydrogens (tertiary/aromatic N) is 3. The summed E-state index contributed by atoms with van der Waals surface area (Å²) >= 11 is 1.72. The number of rotatable bonds is 5. The van der Waals surface area contributed by atoms with Crippen molar-refractivity contribution >= 4 is 17.2 Å². The van der Waals surface area contributed by atoms with E-state index in [4.69, 9.17) is 4.74 Å². The first-order valence-electron chi connectivity index (χ1n) is 7.33. The van der Waals surface area contributed by atoms with Crippen LogP contribution in [0.15, 0.2) is 6.07 Å². The second-order valence-electron chi connectivity index (χ2n) is 6.35. The van der Waals surface area contributed by atoms with E-state index in [1.54, 1.807) is 18.4 Å². The number of thiazole rings is 1. The number of hydrogen-bond donors (Lipinski definition) is 1. The van der Waals surface area contributed by atoms with Crippen LogP contribution in [0.1, 0.15) is 47.9 Å². The molecule has 0 saturated heterocycles. The molecule has 22 heavy (non-hydrogen) atoms. The zero-order chi connectivity index (χ0) is 16.3. The Labute approximate surface area is 136 Å². The molecule has 2 aromatic heterocycles. The van der Waals surface area contributed by atoms with Gasteiger partial charge in [-0.2, -0.15) is 0 Å². The van der Waals surface area contributed by atoms with Crippen LogP contribution in [0.4, 0.5) is 5.82 Å². The summed E-state index contributed by atoms with van der Waals surface area (Å²) in [6.45, 7) is 11.6. The van der Waals surface area contributed by atoms with Gasteiger partial charge in [0.2, 0.25) is 0 Å². The third-order valence-corrected chi connectivity index (χ3v) is 4.31. The molecule has 6 heteroatoms. The van der Waals surface area contributed by atoms with E-state index in [-0.39, 0.29) is 5.41 Å². The highest BCUT2D eigenvalue weighted by atomic mass is 32.1. The summed E-state index contributed by atoms with van der Waals surface area (Å²) in [6, 6.07) is 1.94. The summed E-state index contributed by atoms with van der Waals surface area (Å²) in [5.41, 5.74) is 1.88. The number of aromatic nitrogens is 3. The van der Waals surface area contributed by atoms with Gasteiger partial charge in [0.1, 0.15) is 16.6 Å². The predicted octanol–water partition coefficient (Wildman–Crippen LogP) is 3.61. The zero-order valence-corrected chi connectivity index (χ0v) is 15.0. The highest BCUT2D eigenvalue weighted by Crippen LogP contribution is 2.22. The lowest BCUT2D eigenvalue weighted by Gasteiger charge is -2.18. The molecule has 0 bridgehead atoms. The van der Waals surface area contributed by atoms with Crippen LogP contribution in [0.3, 0.4) is 0 Å². The van der Waals surface area contributed by atoms with Gasteiger partial charge in [-0.15, -0.1) is 11.3 Å². The Morgan fingerprint density at radius 2 is 1.91 bits per heavy atom. The van der Waals surface area contributed by atoms with Gasteiger partial charge < -0.3 is 10.1 Å². The van der Waals surface area contributed by atoms with Gasteiger partial charge in [0.25, 0.3) is 0 Å². The van der Waals surface area contributed by atoms with Crippen LogP contribution in [-0.2, 0) is 23.3 Å². The van der Waals surface area contributed by atoms with E-state index in [1.165, 1.54) is 4.88 Å². The third kappa shape index (κ3) is 4.24. The van der Waals surface area contributed by atoms with Crippen molar-refractivity contribution in [3.63, 3.8) is 0 Å². The molecule has 0 aromatic carbocycles. The molecule has 0 fully saturated rings. The van der Waals surface area contributed by atoms with Crippen LogP contribution in [-0.4, -0.2) is 22.1 Å². The number of nitrogens with one attached hydrogen (secondary N) is 1. The van der Waals surface area contributed by atoms with Gasteiger partial charge in [-0.3, -0.25) is 0 Å². The van der Waals surface area contributed by atoms with Gasteiger partial charge in [-0.1, -0.05) is 20.8 Å². The average molecular weight is 320 g/mol. The van der Waals surface area contributed by atoms with Crippen molar-refractivity contribution < 1.29 is 4.74 Å². The van der Waals surface area contributed by atoms with Crippen molar-refractivity contribution in [1.82, 2.24) is 15.0 Å². The molecule has 0 aliphatic rings. The normalized spacial score (nSPS) is 11.7. The lowest BCUT2D eigenvalue weighted by molar-refractivity contribution is 0.181. The second kappa shape index (κ2) is 6.71. The smallest absolute Gasteiger partial charge is 0.136 e. The van der Waals surface area contributed by atoms with Crippen LogP contribution >= 0.6 is 11.3 Å². The molecule has 0 spiro atoms. The number of aryl methyl sites for hydroxylation is 2. The number of methoxy groups -OCH3 is 1. The van der Waals surface area contributed by atoms with Crippen LogP contribution < -0.4 is 5.32 Å². The monoisotopic (exact) mass is 320 g/mol. The van der Waals surface area contributed by atoms with Crippen LogP contribution in [0, 0.1) is 13.8 Å². The van der Waals surface area contributed by atoms with E-state index in [2.05, 4.69) is 48.0 Å². The maximum Gasteiger partial charge on any atom is 0.136 e. The lowest BCUT2D eigenvalue weighted by atomic mass is 9.95. The molecule has 2 aromatic rings. The summed E-state index contributed by atoms with van der Waals surface area (Å²) in [4.78, 5) is 15.0. The first-order valence-corrected chi connectivity index (χ1v) is 8.15. The SMILES string of the molecule is COCc1cc(NCc2nc(C)c(C)s2)nc(C(C)(C)C)n1. The van der Waals surface area contributed by atoms with E-state index in [9.17, 15) is 0 Å². The summed E-state index contributed by atoms with van der Waals surface area (Å²) in [6.07, 6.45) is 0. The molecule has 5 nitrogen and oxygen atoms in total. The molecule has 0 atom stereocenters. The maximum atomic E-state index is 5.20. The Morgan fingerprint density at radius 3 is 2.45 bits per heavy atom. The molecule has 0 aliphatic heterocycles. The molecule has 2 heterocycles. The summed E-state index contributed by atoms with van der Waals surface area (Å²) in [5.74, 6) is 1.63. The summed E-state index contributed by atoms with van der Waals surface area (Å²) < 4.78 is 5.20. The fraction of sp³-hybridized carbons (Fsp3) is 0.562. The topological polar surface area (TPSA) is 59.9 Å². The Morgan fingerprint density at radius 1 is 1.18 bits per heavy atom. The largest absolute Gasteiger partial charge is 0.378 e. The highest BCUT2D eigenvalue weighted by Gasteiger charge is 2.19. The van der Waals surface area contributed by atoms with Gasteiger partial charge in [-0.05, 0) is 13.8 Å². The van der Waals surface area contributed by atoms with Crippen LogP contribution in [0.2, 0.25) is 0 Å². The van der Waals surface area contributed by atoms with Gasteiger partial charge in [0.15, 0.2) is 0 Å². The fourth-order valence-corrected chi connectivity index (χ4v) is 2.80. The van der Waals surface area contributed by atoms with Crippen LogP contribution in [0.25, 0.3) is 0 Å². The van der Waals surface area contributed by atoms with Crippen LogP contribution in [0.5, 0.6) is 0 Å². The minimum Gasteiger partial charge on any atom is -0.378 e. The first kappa shape index (κ1) is 16.8. The molecule has 0 saturated carbocycles. The molecular weight excluding hydrogens is 296 g/mol. The van der Waals surface area contributed by atoms with Crippen molar-refractivity contribution in [2.45, 2.75) is 53.2 Å². The second-order valence-corrected chi connectivity index (χ2v) is 7.64. The molecule has 2 rings (SSSR count). The zero-order valence-electron chi connectivity index (χ0n) is 14.1. The summed E-state index contributed by atoms with van der Waals surface area (Å²) in [5, 5.41) is 4.42. The molecule has 0 unspecified atom stereocenters. The molecule has 0 aliphatic carbocycles. The molecular formula is C16H24N4OS. The minimum absolute atomic E-state index is 0.103. The van der Waals surface area contributed by atoms with E-state index in [0.29, 0.717) is 13.2 Å². The van der Waals surface area contributed by atoms with Gasteiger partial charge in [-0.25, -0.2) is 15.0 Å². The fourth-order valence-electron chi connectivity index (χ4n) is 1.93. The first-order chi connectivity index (χ1) is 10.3. The molecule has 0 amide bonds. The minimum atomic E-state index is -0.103. The van der Waals surface area contributed by atoms with Crippen molar-refractivity contribution in [3.05, 3.63) is 33.2 Å². The average Bonchev–Trinajstić information content (AvgIpc) is 2.75. The standard InChI is InChI=1S/C16H24N4OS/c1-10-11(2)22-14(18-10)8-17-13-7-12(9-21-6)19-15(20-13)16(3,4)5/h7H,8-9H2,1-6H3,(H,17,19,20). The Balaban J connectivity index is 2.20. The van der Waals surface area contributed by atoms with Crippen molar-refractivity contribution in [2.24, 2.45) is 0 Å². The maximum absolute atomic E-state index is 5.20. The van der Waals surface area contributed by atoms with Crippen molar-refractivity contribution in [1.29, 1.82) is 0 Å². The van der Waals surface area contributed by atoms with E-state index in [0.717, 1.165) is 28.0 Å². The van der Waals surface area contributed by atoms with Gasteiger partial charge >= 0.3 is 0 Å². The van der Waals surface area contributed by atoms with Crippen molar-refractivity contribution in [3.8, 4) is 0 Å². The highest BCUT2D eigenvalue weighted by molar-refractivity contribution is 7.11. The van der Waals surface area contributed by atoms with Gasteiger partial charge in [0.05, 0.1) is 24.5 Å². The lowest BCUT2D eigenvalue weighted by Crippen LogP contribution is -2.18. The molecule has 1 N–H and O–H groups in total. The quantitative estimate of drug-likeness (QED) is 0.912. The van der Waals surface area contributed by atoms with E-state index >= 15 is 0 Å². The van der Waals surface area contributed by atoms with Gasteiger partial charge in [0, 0.05) is 23.5 Å². The Hall–Kier alpha value is -1.53. The Bertz CT molecular complexity index is 627. The molecule has 120 valence electrons. The summed E-state index contributed by atoms with van der Waals surface area (Å²) in [7, 11) is 1.67. The number of ether oxygens (including phenoxy) is 1. The predicted molar refractivity (Wildman–Crippen MR) is 90.4 cm³/mol. The van der Waals surface area contributed by atoms with Crippen molar-refractivity contribution in [2.75, 3.05) is 12.4 Å². The number of anilines is 1. The third-order valence-electron chi connectivity index (χ3n) is 3.24.